The van der Waals surface area contributed by atoms with Crippen molar-refractivity contribution in [3.8, 4) is 0 Å². The van der Waals surface area contributed by atoms with E-state index in [1.807, 2.05) is 19.5 Å². The molecule has 0 fully saturated rings. The lowest BCUT2D eigenvalue weighted by molar-refractivity contribution is -0.129. The minimum atomic E-state index is 0. The summed E-state index contributed by atoms with van der Waals surface area (Å²) in [6.07, 6.45) is 1.46. The molecule has 92 valence electrons. The fourth-order valence-corrected chi connectivity index (χ4v) is 1.98. The number of nitrogens with zero attached hydrogens (tertiary/aromatic N) is 1. The SMILES string of the molecule is CNCCN(C)C(=O)CCc1ccsc1.Cl. The van der Waals surface area contributed by atoms with Gasteiger partial charge in [0.1, 0.15) is 0 Å². The highest BCUT2D eigenvalue weighted by atomic mass is 35.5. The quantitative estimate of drug-likeness (QED) is 0.848. The largest absolute Gasteiger partial charge is 0.344 e. The van der Waals surface area contributed by atoms with Crippen molar-refractivity contribution >= 4 is 29.7 Å². The Morgan fingerprint density at radius 2 is 2.31 bits per heavy atom. The van der Waals surface area contributed by atoms with E-state index in [1.54, 1.807) is 16.2 Å². The first-order valence-electron chi connectivity index (χ1n) is 5.13. The van der Waals surface area contributed by atoms with Crippen LogP contribution in [0.3, 0.4) is 0 Å². The number of rotatable bonds is 6. The summed E-state index contributed by atoms with van der Waals surface area (Å²) in [6, 6.07) is 2.07. The van der Waals surface area contributed by atoms with E-state index in [9.17, 15) is 4.79 Å². The number of hydrogen-bond donors (Lipinski definition) is 1. The van der Waals surface area contributed by atoms with Crippen LogP contribution in [0.15, 0.2) is 16.8 Å². The second-order valence-corrected chi connectivity index (χ2v) is 4.33. The molecule has 1 N–H and O–H groups in total. The molecular formula is C11H19ClN2OS. The van der Waals surface area contributed by atoms with Crippen LogP contribution < -0.4 is 5.32 Å². The molecule has 0 bridgehead atoms. The van der Waals surface area contributed by atoms with Crippen molar-refractivity contribution in [2.45, 2.75) is 12.8 Å². The van der Waals surface area contributed by atoms with E-state index in [4.69, 9.17) is 0 Å². The highest BCUT2D eigenvalue weighted by molar-refractivity contribution is 7.07. The molecule has 0 atom stereocenters. The Hall–Kier alpha value is -0.580. The molecule has 0 aliphatic carbocycles. The van der Waals surface area contributed by atoms with Gasteiger partial charge in [-0.2, -0.15) is 11.3 Å². The summed E-state index contributed by atoms with van der Waals surface area (Å²) in [5.74, 6) is 0.219. The molecule has 0 unspecified atom stereocenters. The molecule has 0 radical (unpaired) electrons. The van der Waals surface area contributed by atoms with E-state index < -0.39 is 0 Å². The van der Waals surface area contributed by atoms with Crippen molar-refractivity contribution in [1.29, 1.82) is 0 Å². The van der Waals surface area contributed by atoms with Crippen molar-refractivity contribution < 1.29 is 4.79 Å². The zero-order valence-electron chi connectivity index (χ0n) is 9.73. The van der Waals surface area contributed by atoms with E-state index in [0.717, 1.165) is 19.5 Å². The Morgan fingerprint density at radius 3 is 2.88 bits per heavy atom. The minimum absolute atomic E-state index is 0. The zero-order chi connectivity index (χ0) is 11.1. The van der Waals surface area contributed by atoms with Crippen LogP contribution in [-0.4, -0.2) is 38.0 Å². The highest BCUT2D eigenvalue weighted by Crippen LogP contribution is 2.08. The molecule has 0 aliphatic heterocycles. The minimum Gasteiger partial charge on any atom is -0.344 e. The van der Waals surface area contributed by atoms with Gasteiger partial charge in [-0.15, -0.1) is 12.4 Å². The van der Waals surface area contributed by atoms with Crippen molar-refractivity contribution in [2.75, 3.05) is 27.2 Å². The van der Waals surface area contributed by atoms with Crippen LogP contribution in [0.1, 0.15) is 12.0 Å². The van der Waals surface area contributed by atoms with Crippen molar-refractivity contribution in [2.24, 2.45) is 0 Å². The van der Waals surface area contributed by atoms with E-state index in [-0.39, 0.29) is 18.3 Å². The Labute approximate surface area is 107 Å². The number of carbonyl (C=O) groups is 1. The van der Waals surface area contributed by atoms with Gasteiger partial charge < -0.3 is 10.2 Å². The second-order valence-electron chi connectivity index (χ2n) is 3.55. The smallest absolute Gasteiger partial charge is 0.222 e. The lowest BCUT2D eigenvalue weighted by atomic mass is 10.2. The Bertz CT molecular complexity index is 290. The zero-order valence-corrected chi connectivity index (χ0v) is 11.4. The predicted octanol–water partition coefficient (Wildman–Crippen LogP) is 1.78. The molecular weight excluding hydrogens is 244 g/mol. The maximum absolute atomic E-state index is 11.6. The molecule has 1 aromatic rings. The topological polar surface area (TPSA) is 32.3 Å². The summed E-state index contributed by atoms with van der Waals surface area (Å²) in [7, 11) is 3.75. The van der Waals surface area contributed by atoms with Crippen LogP contribution in [0.2, 0.25) is 0 Å². The molecule has 1 amide bonds. The summed E-state index contributed by atoms with van der Waals surface area (Å²) >= 11 is 1.68. The monoisotopic (exact) mass is 262 g/mol. The van der Waals surface area contributed by atoms with Gasteiger partial charge in [0.15, 0.2) is 0 Å². The van der Waals surface area contributed by atoms with Gasteiger partial charge in [-0.05, 0) is 35.9 Å². The van der Waals surface area contributed by atoms with Crippen molar-refractivity contribution in [3.05, 3.63) is 22.4 Å². The molecule has 0 saturated heterocycles. The number of hydrogen-bond acceptors (Lipinski definition) is 3. The molecule has 3 nitrogen and oxygen atoms in total. The maximum Gasteiger partial charge on any atom is 0.222 e. The van der Waals surface area contributed by atoms with Gasteiger partial charge in [-0.3, -0.25) is 4.79 Å². The number of halogens is 1. The van der Waals surface area contributed by atoms with Gasteiger partial charge in [-0.25, -0.2) is 0 Å². The van der Waals surface area contributed by atoms with Gasteiger partial charge in [0, 0.05) is 26.6 Å². The highest BCUT2D eigenvalue weighted by Gasteiger charge is 2.07. The standard InChI is InChI=1S/C11H18N2OS.ClH/c1-12-6-7-13(2)11(14)4-3-10-5-8-15-9-10;/h5,8-9,12H,3-4,6-7H2,1-2H3;1H. The third-order valence-electron chi connectivity index (χ3n) is 2.33. The molecule has 5 heteroatoms. The molecule has 0 aliphatic rings. The van der Waals surface area contributed by atoms with Crippen LogP contribution in [0.5, 0.6) is 0 Å². The lowest BCUT2D eigenvalue weighted by Crippen LogP contribution is -2.32. The first kappa shape index (κ1) is 15.4. The average molecular weight is 263 g/mol. The number of likely N-dealkylation sites (N-methyl/N-ethyl adjacent to an activating group) is 2. The molecule has 1 rings (SSSR count). The molecule has 16 heavy (non-hydrogen) atoms. The molecule has 0 spiro atoms. The molecule has 0 aromatic carbocycles. The second kappa shape index (κ2) is 8.56. The predicted molar refractivity (Wildman–Crippen MR) is 71.5 cm³/mol. The number of aryl methyl sites for hydroxylation is 1. The van der Waals surface area contributed by atoms with Gasteiger partial charge in [0.05, 0.1) is 0 Å². The number of amides is 1. The fraction of sp³-hybridized carbons (Fsp3) is 0.545. The normalized spacial score (nSPS) is 9.62. The Kier molecular flexibility index (Phi) is 8.25. The van der Waals surface area contributed by atoms with Crippen LogP contribution >= 0.6 is 23.7 Å². The van der Waals surface area contributed by atoms with Gasteiger partial charge >= 0.3 is 0 Å². The summed E-state index contributed by atoms with van der Waals surface area (Å²) < 4.78 is 0. The molecule has 1 heterocycles. The number of thiophene rings is 1. The van der Waals surface area contributed by atoms with Crippen molar-refractivity contribution in [1.82, 2.24) is 10.2 Å². The van der Waals surface area contributed by atoms with Gasteiger partial charge in [-0.1, -0.05) is 0 Å². The van der Waals surface area contributed by atoms with E-state index in [1.165, 1.54) is 5.56 Å². The van der Waals surface area contributed by atoms with Crippen LogP contribution in [-0.2, 0) is 11.2 Å². The summed E-state index contributed by atoms with van der Waals surface area (Å²) in [4.78, 5) is 13.4. The van der Waals surface area contributed by atoms with E-state index in [2.05, 4.69) is 16.8 Å². The maximum atomic E-state index is 11.6. The average Bonchev–Trinajstić information content (AvgIpc) is 2.75. The van der Waals surface area contributed by atoms with Crippen LogP contribution in [0, 0.1) is 0 Å². The van der Waals surface area contributed by atoms with E-state index >= 15 is 0 Å². The van der Waals surface area contributed by atoms with Gasteiger partial charge in [0.2, 0.25) is 5.91 Å². The van der Waals surface area contributed by atoms with Crippen LogP contribution in [0.4, 0.5) is 0 Å². The summed E-state index contributed by atoms with van der Waals surface area (Å²) in [5, 5.41) is 7.18. The van der Waals surface area contributed by atoms with Gasteiger partial charge in [0.25, 0.3) is 0 Å². The Morgan fingerprint density at radius 1 is 1.56 bits per heavy atom. The molecule has 1 aromatic heterocycles. The third kappa shape index (κ3) is 5.49. The fourth-order valence-electron chi connectivity index (χ4n) is 1.28. The van der Waals surface area contributed by atoms with E-state index in [0.29, 0.717) is 6.42 Å². The Balaban J connectivity index is 0.00000225. The molecule has 0 saturated carbocycles. The van der Waals surface area contributed by atoms with Crippen LogP contribution in [0.25, 0.3) is 0 Å². The number of nitrogens with one attached hydrogen (secondary N) is 1. The number of carbonyl (C=O) groups excluding carboxylic acids is 1. The first-order valence-corrected chi connectivity index (χ1v) is 6.08. The first-order chi connectivity index (χ1) is 7.24. The lowest BCUT2D eigenvalue weighted by Gasteiger charge is -2.16. The summed E-state index contributed by atoms with van der Waals surface area (Å²) in [6.45, 7) is 1.62. The van der Waals surface area contributed by atoms with Crippen molar-refractivity contribution in [3.63, 3.8) is 0 Å². The summed E-state index contributed by atoms with van der Waals surface area (Å²) in [5.41, 5.74) is 1.26. The third-order valence-corrected chi connectivity index (χ3v) is 3.06.